The zero-order valence-corrected chi connectivity index (χ0v) is 33.9. The zero-order valence-electron chi connectivity index (χ0n) is 33.9. The van der Waals surface area contributed by atoms with Gasteiger partial charge in [-0.1, -0.05) is 127 Å². The molecule has 0 aliphatic carbocycles. The number of alkyl halides is 3. The van der Waals surface area contributed by atoms with Gasteiger partial charge in [-0.05, 0) is 54.1 Å². The van der Waals surface area contributed by atoms with E-state index in [1.54, 1.807) is 32.0 Å². The van der Waals surface area contributed by atoms with E-state index in [4.69, 9.17) is 19.4 Å². The Morgan fingerprint density at radius 3 is 1.77 bits per heavy atom. The Kier molecular flexibility index (Phi) is 17.3. The number of carbonyl (C=O) groups excluding carboxylic acids is 3. The SMILES string of the molecule is CN[C@H](C(=O)N[C@H](C(=O)N(C)[C@H](/C=C(\C)C(=O)OCc1ccc(OCc2ccccc2)cc1)C(C)C)C(C)(C)C)C(C)(C)c1ccccc1.O=C(O)C(F)(F)F. The number of rotatable bonds is 15. The molecule has 3 N–H and O–H groups in total. The molecular weight excluding hydrogens is 727 g/mol. The molecule has 0 heterocycles. The lowest BCUT2D eigenvalue weighted by molar-refractivity contribution is -0.192. The third kappa shape index (κ3) is 14.2. The van der Waals surface area contributed by atoms with Gasteiger partial charge in [-0.25, -0.2) is 9.59 Å². The number of halogens is 3. The second kappa shape index (κ2) is 20.7. The number of amides is 2. The Labute approximate surface area is 328 Å². The van der Waals surface area contributed by atoms with Gasteiger partial charge < -0.3 is 30.1 Å². The predicted molar refractivity (Wildman–Crippen MR) is 210 cm³/mol. The minimum Gasteiger partial charge on any atom is -0.489 e. The van der Waals surface area contributed by atoms with E-state index in [1.165, 1.54) is 0 Å². The number of carboxylic acids is 1. The summed E-state index contributed by atoms with van der Waals surface area (Å²) in [5.74, 6) is -3.00. The lowest BCUT2D eigenvalue weighted by Crippen LogP contribution is -2.61. The lowest BCUT2D eigenvalue weighted by Gasteiger charge is -2.40. The van der Waals surface area contributed by atoms with Crippen molar-refractivity contribution in [1.29, 1.82) is 0 Å². The van der Waals surface area contributed by atoms with Crippen LogP contribution < -0.4 is 15.4 Å². The molecular formula is C43H56F3N3O7. The third-order valence-corrected chi connectivity index (χ3v) is 9.19. The molecule has 13 heteroatoms. The van der Waals surface area contributed by atoms with Gasteiger partial charge in [0.2, 0.25) is 11.8 Å². The Balaban J connectivity index is 0.00000141. The first-order valence-corrected chi connectivity index (χ1v) is 18.2. The molecule has 10 nitrogen and oxygen atoms in total. The van der Waals surface area contributed by atoms with E-state index in [9.17, 15) is 27.6 Å². The molecule has 0 bridgehead atoms. The molecule has 3 aromatic carbocycles. The van der Waals surface area contributed by atoms with Crippen LogP contribution in [0, 0.1) is 11.3 Å². The van der Waals surface area contributed by atoms with Crippen molar-refractivity contribution in [3.63, 3.8) is 0 Å². The molecule has 2 amide bonds. The van der Waals surface area contributed by atoms with Gasteiger partial charge in [0.25, 0.3) is 0 Å². The second-order valence-corrected chi connectivity index (χ2v) is 15.4. The largest absolute Gasteiger partial charge is 0.490 e. The second-order valence-electron chi connectivity index (χ2n) is 15.4. The molecule has 0 radical (unpaired) electrons. The molecule has 0 aliphatic rings. The fourth-order valence-corrected chi connectivity index (χ4v) is 5.84. The Morgan fingerprint density at radius 1 is 0.804 bits per heavy atom. The quantitative estimate of drug-likeness (QED) is 0.107. The first-order valence-electron chi connectivity index (χ1n) is 18.2. The van der Waals surface area contributed by atoms with Crippen LogP contribution in [-0.2, 0) is 42.5 Å². The maximum Gasteiger partial charge on any atom is 0.490 e. The molecule has 0 spiro atoms. The predicted octanol–water partition coefficient (Wildman–Crippen LogP) is 7.47. The number of esters is 1. The summed E-state index contributed by atoms with van der Waals surface area (Å²) in [7, 11) is 3.48. The number of likely N-dealkylation sites (N-methyl/N-ethyl adjacent to an activating group) is 2. The van der Waals surface area contributed by atoms with Crippen molar-refractivity contribution in [3.05, 3.63) is 113 Å². The van der Waals surface area contributed by atoms with Crippen LogP contribution in [0.3, 0.4) is 0 Å². The van der Waals surface area contributed by atoms with Gasteiger partial charge in [-0.3, -0.25) is 9.59 Å². The third-order valence-electron chi connectivity index (χ3n) is 9.19. The van der Waals surface area contributed by atoms with Crippen LogP contribution in [0.25, 0.3) is 0 Å². The van der Waals surface area contributed by atoms with E-state index in [-0.39, 0.29) is 24.3 Å². The number of hydrogen-bond acceptors (Lipinski definition) is 7. The number of aliphatic carboxylic acids is 1. The average Bonchev–Trinajstić information content (AvgIpc) is 3.14. The van der Waals surface area contributed by atoms with Crippen molar-refractivity contribution in [2.24, 2.45) is 11.3 Å². The number of nitrogens with one attached hydrogen (secondary N) is 2. The number of ether oxygens (including phenoxy) is 2. The van der Waals surface area contributed by atoms with Gasteiger partial charge in [-0.15, -0.1) is 0 Å². The summed E-state index contributed by atoms with van der Waals surface area (Å²) in [6.45, 7) is 16.1. The molecule has 0 aliphatic heterocycles. The fraction of sp³-hybridized carbons (Fsp3) is 0.442. The number of nitrogens with zero attached hydrogens (tertiary/aromatic N) is 1. The van der Waals surface area contributed by atoms with Crippen LogP contribution in [0.2, 0.25) is 0 Å². The number of carbonyl (C=O) groups is 4. The number of hydrogen-bond donors (Lipinski definition) is 3. The zero-order chi connectivity index (χ0) is 42.4. The van der Waals surface area contributed by atoms with E-state index in [2.05, 4.69) is 10.6 Å². The fourth-order valence-electron chi connectivity index (χ4n) is 5.84. The minimum atomic E-state index is -5.08. The molecule has 0 saturated carbocycles. The van der Waals surface area contributed by atoms with Crippen molar-refractivity contribution in [2.75, 3.05) is 14.1 Å². The Morgan fingerprint density at radius 2 is 1.30 bits per heavy atom. The van der Waals surface area contributed by atoms with Crippen molar-refractivity contribution in [2.45, 2.75) is 98.3 Å². The van der Waals surface area contributed by atoms with Gasteiger partial charge in [0, 0.05) is 18.0 Å². The lowest BCUT2D eigenvalue weighted by atomic mass is 9.76. The van der Waals surface area contributed by atoms with Gasteiger partial charge in [-0.2, -0.15) is 13.2 Å². The summed E-state index contributed by atoms with van der Waals surface area (Å²) in [4.78, 5) is 51.6. The van der Waals surface area contributed by atoms with Crippen molar-refractivity contribution in [1.82, 2.24) is 15.5 Å². The van der Waals surface area contributed by atoms with Crippen molar-refractivity contribution < 1.29 is 46.9 Å². The Hall–Kier alpha value is -5.17. The van der Waals surface area contributed by atoms with Crippen LogP contribution in [0.15, 0.2) is 96.6 Å². The first kappa shape index (κ1) is 47.0. The van der Waals surface area contributed by atoms with Crippen molar-refractivity contribution >= 4 is 23.8 Å². The highest BCUT2D eigenvalue weighted by Crippen LogP contribution is 2.29. The molecule has 0 saturated heterocycles. The highest BCUT2D eigenvalue weighted by molar-refractivity contribution is 5.92. The van der Waals surface area contributed by atoms with E-state index in [0.29, 0.717) is 12.2 Å². The van der Waals surface area contributed by atoms with Crippen LogP contribution >= 0.6 is 0 Å². The standard InChI is InChI=1S/C41H55N3O5.C2HF3O2/c1-28(2)34(25-29(3)39(47)49-27-31-21-23-33(24-22-31)48-26-30-17-13-11-14-18-30)44(10)38(46)36(40(4,5)6)43-37(45)35(42-9)41(7,8)32-19-15-12-16-20-32;3-2(4,5)1(6)7/h11-25,28,34-36,42H,26-27H2,1-10H3,(H,43,45);(H,6,7)/b29-25+;/t34-,35-,36-;/m1./s1. The van der Waals surface area contributed by atoms with E-state index in [1.807, 2.05) is 133 Å². The molecule has 306 valence electrons. The first-order chi connectivity index (χ1) is 26.0. The van der Waals surface area contributed by atoms with Gasteiger partial charge in [0.1, 0.15) is 25.0 Å². The van der Waals surface area contributed by atoms with Crippen LogP contribution in [0.4, 0.5) is 13.2 Å². The maximum absolute atomic E-state index is 14.2. The highest BCUT2D eigenvalue weighted by Gasteiger charge is 2.42. The summed E-state index contributed by atoms with van der Waals surface area (Å²) >= 11 is 0. The monoisotopic (exact) mass is 783 g/mol. The van der Waals surface area contributed by atoms with E-state index in [0.717, 1.165) is 22.4 Å². The summed E-state index contributed by atoms with van der Waals surface area (Å²) in [6.07, 6.45) is -3.30. The minimum absolute atomic E-state index is 0.0153. The van der Waals surface area contributed by atoms with Crippen LogP contribution in [0.1, 0.15) is 72.1 Å². The molecule has 0 unspecified atom stereocenters. The molecule has 3 atom stereocenters. The summed E-state index contributed by atoms with van der Waals surface area (Å²) in [5, 5.41) is 13.4. The number of carboxylic acid groups (broad SMARTS) is 1. The van der Waals surface area contributed by atoms with Gasteiger partial charge >= 0.3 is 18.1 Å². The molecule has 56 heavy (non-hydrogen) atoms. The van der Waals surface area contributed by atoms with Crippen molar-refractivity contribution in [3.8, 4) is 5.75 Å². The summed E-state index contributed by atoms with van der Waals surface area (Å²) < 4.78 is 43.2. The van der Waals surface area contributed by atoms with Crippen LogP contribution in [-0.4, -0.2) is 72.2 Å². The van der Waals surface area contributed by atoms with Gasteiger partial charge in [0.05, 0.1) is 12.1 Å². The molecule has 3 aromatic rings. The summed E-state index contributed by atoms with van der Waals surface area (Å²) in [6, 6.07) is 25.4. The molecule has 3 rings (SSSR count). The van der Waals surface area contributed by atoms with E-state index >= 15 is 0 Å². The highest BCUT2D eigenvalue weighted by atomic mass is 19.4. The number of benzene rings is 3. The van der Waals surface area contributed by atoms with Crippen LogP contribution in [0.5, 0.6) is 5.75 Å². The smallest absolute Gasteiger partial charge is 0.489 e. The van der Waals surface area contributed by atoms with Gasteiger partial charge in [0.15, 0.2) is 0 Å². The average molecular weight is 784 g/mol. The maximum atomic E-state index is 14.2. The topological polar surface area (TPSA) is 134 Å². The normalized spacial score (nSPS) is 13.7. The summed E-state index contributed by atoms with van der Waals surface area (Å²) in [5.41, 5.74) is 2.20. The Bertz CT molecular complexity index is 1760. The molecule has 0 aromatic heterocycles. The van der Waals surface area contributed by atoms with E-state index < -0.39 is 47.1 Å². The molecule has 0 fully saturated rings.